The smallest absolute Gasteiger partial charge is 0.126 e. The van der Waals surface area contributed by atoms with Gasteiger partial charge in [0.15, 0.2) is 0 Å². The zero-order chi connectivity index (χ0) is 9.57. The molecule has 76 valence electrons. The molecule has 1 nitrogen and oxygen atoms in total. The number of carbonyl (C=O) groups excluding carboxylic acids is 1. The Morgan fingerprint density at radius 2 is 1.62 bits per heavy atom. The van der Waals surface area contributed by atoms with Crippen LogP contribution in [0.25, 0.3) is 0 Å². The van der Waals surface area contributed by atoms with Crippen LogP contribution in [-0.4, -0.2) is 6.29 Å². The molecule has 0 unspecified atom stereocenters. The van der Waals surface area contributed by atoms with Gasteiger partial charge in [-0.2, -0.15) is 0 Å². The van der Waals surface area contributed by atoms with E-state index in [1.807, 2.05) is 0 Å². The van der Waals surface area contributed by atoms with E-state index in [0.717, 1.165) is 25.7 Å². The topological polar surface area (TPSA) is 17.1 Å². The Morgan fingerprint density at radius 1 is 1.08 bits per heavy atom. The van der Waals surface area contributed by atoms with E-state index in [2.05, 4.69) is 6.92 Å². The van der Waals surface area contributed by atoms with Gasteiger partial charge in [-0.3, -0.25) is 0 Å². The van der Waals surface area contributed by atoms with Gasteiger partial charge in [-0.1, -0.05) is 45.4 Å². The van der Waals surface area contributed by atoms with Crippen molar-refractivity contribution in [2.24, 2.45) is 5.41 Å². The monoisotopic (exact) mass is 182 g/mol. The molecule has 0 bridgehead atoms. The molecule has 1 saturated carbocycles. The lowest BCUT2D eigenvalue weighted by atomic mass is 9.74. The third-order valence-corrected chi connectivity index (χ3v) is 3.35. The highest BCUT2D eigenvalue weighted by molar-refractivity contribution is 5.59. The Labute approximate surface area is 81.9 Å². The van der Waals surface area contributed by atoms with Gasteiger partial charge < -0.3 is 4.79 Å². The lowest BCUT2D eigenvalue weighted by Gasteiger charge is -2.29. The van der Waals surface area contributed by atoms with Gasteiger partial charge in [-0.15, -0.1) is 0 Å². The molecule has 0 heterocycles. The van der Waals surface area contributed by atoms with Gasteiger partial charge >= 0.3 is 0 Å². The lowest BCUT2D eigenvalue weighted by molar-refractivity contribution is -0.117. The largest absolute Gasteiger partial charge is 0.303 e. The second-order valence-electron chi connectivity index (χ2n) is 4.50. The summed E-state index contributed by atoms with van der Waals surface area (Å²) in [6, 6.07) is 0. The Bertz CT molecular complexity index is 143. The van der Waals surface area contributed by atoms with Crippen LogP contribution in [0.4, 0.5) is 0 Å². The molecule has 0 saturated heterocycles. The first-order valence-electron chi connectivity index (χ1n) is 5.79. The molecule has 0 aliphatic heterocycles. The summed E-state index contributed by atoms with van der Waals surface area (Å²) in [5.74, 6) is 0. The van der Waals surface area contributed by atoms with Crippen LogP contribution in [0, 0.1) is 5.41 Å². The van der Waals surface area contributed by atoms with Gasteiger partial charge in [0, 0.05) is 5.41 Å². The van der Waals surface area contributed by atoms with Crippen molar-refractivity contribution in [1.29, 1.82) is 0 Å². The maximum absolute atomic E-state index is 11.1. The van der Waals surface area contributed by atoms with Crippen LogP contribution in [0.5, 0.6) is 0 Å². The molecule has 0 aromatic heterocycles. The summed E-state index contributed by atoms with van der Waals surface area (Å²) in [7, 11) is 0. The van der Waals surface area contributed by atoms with E-state index in [1.165, 1.54) is 38.4 Å². The number of carbonyl (C=O) groups is 1. The molecule has 1 aliphatic rings. The molecule has 1 fully saturated rings. The van der Waals surface area contributed by atoms with Crippen molar-refractivity contribution < 1.29 is 4.79 Å². The molecule has 0 atom stereocenters. The van der Waals surface area contributed by atoms with Crippen LogP contribution in [-0.2, 0) is 4.79 Å². The first kappa shape index (κ1) is 10.7. The molecule has 1 rings (SSSR count). The minimum atomic E-state index is 0.0647. The summed E-state index contributed by atoms with van der Waals surface area (Å²) in [5.41, 5.74) is 0.0647. The minimum absolute atomic E-state index is 0.0647. The molecular formula is C12H22O. The lowest BCUT2D eigenvalue weighted by Crippen LogP contribution is -2.23. The number of hydrogen-bond acceptors (Lipinski definition) is 1. The SMILES string of the molecule is CCCC1(C=O)CCCCCCC1. The number of aldehydes is 1. The third kappa shape index (κ3) is 3.13. The molecule has 0 aromatic carbocycles. The summed E-state index contributed by atoms with van der Waals surface area (Å²) in [5, 5.41) is 0. The van der Waals surface area contributed by atoms with Gasteiger partial charge in [0.2, 0.25) is 0 Å². The normalized spacial score (nSPS) is 23.2. The Kier molecular flexibility index (Phi) is 4.47. The molecule has 1 heteroatoms. The fourth-order valence-electron chi connectivity index (χ4n) is 2.53. The molecule has 0 aromatic rings. The second kappa shape index (κ2) is 5.41. The van der Waals surface area contributed by atoms with Crippen molar-refractivity contribution in [3.8, 4) is 0 Å². The van der Waals surface area contributed by atoms with Crippen molar-refractivity contribution >= 4 is 6.29 Å². The summed E-state index contributed by atoms with van der Waals surface area (Å²) in [4.78, 5) is 11.1. The minimum Gasteiger partial charge on any atom is -0.303 e. The van der Waals surface area contributed by atoms with Gasteiger partial charge in [-0.05, 0) is 19.3 Å². The Balaban J connectivity index is 2.52. The highest BCUT2D eigenvalue weighted by Crippen LogP contribution is 2.36. The second-order valence-corrected chi connectivity index (χ2v) is 4.50. The van der Waals surface area contributed by atoms with Crippen LogP contribution in [0.3, 0.4) is 0 Å². The molecule has 0 radical (unpaired) electrons. The van der Waals surface area contributed by atoms with Gasteiger partial charge in [0.1, 0.15) is 6.29 Å². The fraction of sp³-hybridized carbons (Fsp3) is 0.917. The molecular weight excluding hydrogens is 160 g/mol. The average molecular weight is 182 g/mol. The van der Waals surface area contributed by atoms with Gasteiger partial charge in [-0.25, -0.2) is 0 Å². The Morgan fingerprint density at radius 3 is 2.08 bits per heavy atom. The zero-order valence-corrected chi connectivity index (χ0v) is 8.85. The fourth-order valence-corrected chi connectivity index (χ4v) is 2.53. The Hall–Kier alpha value is -0.330. The van der Waals surface area contributed by atoms with Crippen LogP contribution >= 0.6 is 0 Å². The van der Waals surface area contributed by atoms with Crippen LogP contribution in [0.15, 0.2) is 0 Å². The average Bonchev–Trinajstić information content (AvgIpc) is 2.10. The van der Waals surface area contributed by atoms with E-state index in [-0.39, 0.29) is 5.41 Å². The van der Waals surface area contributed by atoms with Crippen molar-refractivity contribution in [3.63, 3.8) is 0 Å². The van der Waals surface area contributed by atoms with Crippen molar-refractivity contribution in [2.45, 2.75) is 64.7 Å². The van der Waals surface area contributed by atoms with Crippen LogP contribution < -0.4 is 0 Å². The number of hydrogen-bond donors (Lipinski definition) is 0. The first-order chi connectivity index (χ1) is 6.33. The van der Waals surface area contributed by atoms with Crippen molar-refractivity contribution in [1.82, 2.24) is 0 Å². The predicted octanol–water partition coefficient (Wildman–Crippen LogP) is 3.72. The summed E-state index contributed by atoms with van der Waals surface area (Å²) in [6.45, 7) is 2.18. The summed E-state index contributed by atoms with van der Waals surface area (Å²) in [6.07, 6.45) is 12.4. The predicted molar refractivity (Wildman–Crippen MR) is 55.7 cm³/mol. The third-order valence-electron chi connectivity index (χ3n) is 3.35. The van der Waals surface area contributed by atoms with E-state index < -0.39 is 0 Å². The number of rotatable bonds is 3. The van der Waals surface area contributed by atoms with E-state index in [4.69, 9.17) is 0 Å². The highest BCUT2D eigenvalue weighted by Gasteiger charge is 2.28. The van der Waals surface area contributed by atoms with E-state index in [9.17, 15) is 4.79 Å². The molecule has 13 heavy (non-hydrogen) atoms. The van der Waals surface area contributed by atoms with Gasteiger partial charge in [0.05, 0.1) is 0 Å². The summed E-state index contributed by atoms with van der Waals surface area (Å²) >= 11 is 0. The van der Waals surface area contributed by atoms with Gasteiger partial charge in [0.25, 0.3) is 0 Å². The van der Waals surface area contributed by atoms with Crippen LogP contribution in [0.1, 0.15) is 64.7 Å². The zero-order valence-electron chi connectivity index (χ0n) is 8.85. The maximum Gasteiger partial charge on any atom is 0.126 e. The van der Waals surface area contributed by atoms with Crippen molar-refractivity contribution in [2.75, 3.05) is 0 Å². The quantitative estimate of drug-likeness (QED) is 0.608. The molecule has 1 aliphatic carbocycles. The van der Waals surface area contributed by atoms with E-state index in [0.29, 0.717) is 0 Å². The standard InChI is InChI=1S/C12H22O/c1-2-8-12(11-13)9-6-4-3-5-7-10-12/h11H,2-10H2,1H3. The molecule has 0 spiro atoms. The first-order valence-corrected chi connectivity index (χ1v) is 5.79. The highest BCUT2D eigenvalue weighted by atomic mass is 16.1. The maximum atomic E-state index is 11.1. The van der Waals surface area contributed by atoms with Crippen molar-refractivity contribution in [3.05, 3.63) is 0 Å². The van der Waals surface area contributed by atoms with Crippen LogP contribution in [0.2, 0.25) is 0 Å². The molecule has 0 N–H and O–H groups in total. The summed E-state index contributed by atoms with van der Waals surface area (Å²) < 4.78 is 0. The van der Waals surface area contributed by atoms with E-state index >= 15 is 0 Å². The van der Waals surface area contributed by atoms with E-state index in [1.54, 1.807) is 0 Å². The molecule has 0 amide bonds.